The molecule has 0 aliphatic rings. The molecule has 1 aromatic heterocycles. The van der Waals surface area contributed by atoms with Crippen molar-refractivity contribution in [2.24, 2.45) is 5.73 Å². The fraction of sp³-hybridized carbons (Fsp3) is 0.0741. The van der Waals surface area contributed by atoms with E-state index in [-0.39, 0.29) is 18.1 Å². The van der Waals surface area contributed by atoms with Gasteiger partial charge in [-0.15, -0.1) is 0 Å². The maximum absolute atomic E-state index is 12.8. The number of guanidine groups is 1. The van der Waals surface area contributed by atoms with Crippen molar-refractivity contribution in [3.63, 3.8) is 0 Å². The van der Waals surface area contributed by atoms with Crippen LogP contribution in [-0.2, 0) is 4.79 Å². The van der Waals surface area contributed by atoms with Crippen LogP contribution in [0.2, 0.25) is 0 Å². The Morgan fingerprint density at radius 3 is 2.38 bits per heavy atom. The van der Waals surface area contributed by atoms with E-state index in [9.17, 15) is 19.5 Å². The highest BCUT2D eigenvalue weighted by Crippen LogP contribution is 2.22. The molecule has 6 N–H and O–H groups in total. The van der Waals surface area contributed by atoms with Gasteiger partial charge >= 0.3 is 11.9 Å². The Morgan fingerprint density at radius 1 is 0.973 bits per heavy atom. The topological polar surface area (TPSA) is 167 Å². The number of benzene rings is 3. The predicted octanol–water partition coefficient (Wildman–Crippen LogP) is 3.71. The molecular formula is C27H23N5O5. The number of nitrogens with zero attached hydrogens (tertiary/aromatic N) is 1. The fourth-order valence-electron chi connectivity index (χ4n) is 3.65. The van der Waals surface area contributed by atoms with Crippen LogP contribution in [0.15, 0.2) is 84.9 Å². The second-order valence-electron chi connectivity index (χ2n) is 8.09. The maximum Gasteiger partial charge on any atom is 0.343 e. The van der Waals surface area contributed by atoms with Crippen LogP contribution in [0.4, 0.5) is 5.69 Å². The van der Waals surface area contributed by atoms with Crippen molar-refractivity contribution in [1.29, 1.82) is 5.41 Å². The van der Waals surface area contributed by atoms with Gasteiger partial charge in [0.15, 0.2) is 5.96 Å². The number of pyridine rings is 1. The molecule has 0 fully saturated rings. The number of carboxylic acid groups (broad SMARTS) is 1. The first-order valence-electron chi connectivity index (χ1n) is 11.2. The number of nitrogens with two attached hydrogens (primary N) is 1. The molecule has 0 radical (unpaired) electrons. The molecule has 1 heterocycles. The SMILES string of the molecule is N=C(N)Nc1ccc(C(=O)Oc2ccc3nc(C(=O)N[C@@H](CC(=O)O)c4ccccc4)ccc3c2)cc1. The van der Waals surface area contributed by atoms with Crippen molar-refractivity contribution < 1.29 is 24.2 Å². The lowest BCUT2D eigenvalue weighted by atomic mass is 10.0. The smallest absolute Gasteiger partial charge is 0.343 e. The van der Waals surface area contributed by atoms with Gasteiger partial charge in [-0.05, 0) is 54.1 Å². The van der Waals surface area contributed by atoms with Crippen molar-refractivity contribution in [3.8, 4) is 5.75 Å². The van der Waals surface area contributed by atoms with Gasteiger partial charge in [-0.1, -0.05) is 36.4 Å². The van der Waals surface area contributed by atoms with E-state index in [0.29, 0.717) is 33.5 Å². The van der Waals surface area contributed by atoms with Crippen LogP contribution in [-0.4, -0.2) is 33.9 Å². The molecule has 10 heteroatoms. The Hall–Kier alpha value is -5.25. The highest BCUT2D eigenvalue weighted by atomic mass is 16.5. The third kappa shape index (κ3) is 6.45. The summed E-state index contributed by atoms with van der Waals surface area (Å²) in [6.07, 6.45) is -0.270. The fourth-order valence-corrected chi connectivity index (χ4v) is 3.65. The van der Waals surface area contributed by atoms with Crippen LogP contribution in [0.3, 0.4) is 0 Å². The van der Waals surface area contributed by atoms with Crippen LogP contribution in [0.5, 0.6) is 5.75 Å². The number of hydrogen-bond donors (Lipinski definition) is 5. The molecule has 0 saturated heterocycles. The van der Waals surface area contributed by atoms with Crippen LogP contribution < -0.4 is 21.1 Å². The summed E-state index contributed by atoms with van der Waals surface area (Å²) in [6.45, 7) is 0. The molecular weight excluding hydrogens is 474 g/mol. The summed E-state index contributed by atoms with van der Waals surface area (Å²) in [5, 5.41) is 22.5. The van der Waals surface area contributed by atoms with E-state index in [1.807, 2.05) is 6.07 Å². The van der Waals surface area contributed by atoms with Gasteiger partial charge in [0.05, 0.1) is 23.5 Å². The second kappa shape index (κ2) is 11.0. The number of esters is 1. The zero-order valence-corrected chi connectivity index (χ0v) is 19.5. The number of amides is 1. The Balaban J connectivity index is 1.46. The summed E-state index contributed by atoms with van der Waals surface area (Å²) in [5.74, 6) is -2.02. The molecule has 0 aliphatic heterocycles. The van der Waals surface area contributed by atoms with Crippen molar-refractivity contribution in [3.05, 3.63) is 102 Å². The average molecular weight is 498 g/mol. The summed E-state index contributed by atoms with van der Waals surface area (Å²) >= 11 is 0. The van der Waals surface area contributed by atoms with Crippen LogP contribution in [0.1, 0.15) is 38.9 Å². The molecule has 186 valence electrons. The number of carbonyl (C=O) groups is 3. The summed E-state index contributed by atoms with van der Waals surface area (Å²) in [7, 11) is 0. The van der Waals surface area contributed by atoms with Crippen molar-refractivity contribution in [1.82, 2.24) is 10.3 Å². The summed E-state index contributed by atoms with van der Waals surface area (Å²) < 4.78 is 5.46. The molecule has 0 unspecified atom stereocenters. The number of anilines is 1. The zero-order valence-electron chi connectivity index (χ0n) is 19.5. The maximum atomic E-state index is 12.8. The first kappa shape index (κ1) is 24.9. The number of hydrogen-bond acceptors (Lipinski definition) is 6. The molecule has 4 aromatic rings. The second-order valence-corrected chi connectivity index (χ2v) is 8.09. The lowest BCUT2D eigenvalue weighted by Gasteiger charge is -2.17. The average Bonchev–Trinajstić information content (AvgIpc) is 2.88. The normalized spacial score (nSPS) is 11.4. The molecule has 0 spiro atoms. The monoisotopic (exact) mass is 497 g/mol. The van der Waals surface area contributed by atoms with E-state index in [1.54, 1.807) is 72.8 Å². The summed E-state index contributed by atoms with van der Waals surface area (Å²) in [5.41, 5.74) is 7.48. The van der Waals surface area contributed by atoms with Gasteiger partial charge in [-0.25, -0.2) is 9.78 Å². The van der Waals surface area contributed by atoms with E-state index in [0.717, 1.165) is 0 Å². The number of rotatable bonds is 8. The van der Waals surface area contributed by atoms with Gasteiger partial charge in [-0.3, -0.25) is 15.0 Å². The first-order chi connectivity index (χ1) is 17.8. The third-order valence-corrected chi connectivity index (χ3v) is 5.39. The highest BCUT2D eigenvalue weighted by molar-refractivity contribution is 5.96. The van der Waals surface area contributed by atoms with Gasteiger partial charge in [0, 0.05) is 11.1 Å². The summed E-state index contributed by atoms with van der Waals surface area (Å²) in [4.78, 5) is 41.0. The molecule has 1 amide bonds. The number of nitrogens with one attached hydrogen (secondary N) is 3. The number of ether oxygens (including phenoxy) is 1. The first-order valence-corrected chi connectivity index (χ1v) is 11.2. The summed E-state index contributed by atoms with van der Waals surface area (Å²) in [6, 6.07) is 22.5. The van der Waals surface area contributed by atoms with Crippen molar-refractivity contribution in [2.45, 2.75) is 12.5 Å². The third-order valence-electron chi connectivity index (χ3n) is 5.39. The quantitative estimate of drug-likeness (QED) is 0.106. The molecule has 0 aliphatic carbocycles. The Kier molecular flexibility index (Phi) is 7.39. The van der Waals surface area contributed by atoms with E-state index < -0.39 is 23.9 Å². The number of carboxylic acids is 1. The van der Waals surface area contributed by atoms with Gasteiger partial charge in [-0.2, -0.15) is 0 Å². The van der Waals surface area contributed by atoms with Crippen molar-refractivity contribution >= 4 is 40.4 Å². The van der Waals surface area contributed by atoms with Crippen LogP contribution >= 0.6 is 0 Å². The number of carbonyl (C=O) groups excluding carboxylic acids is 2. The van der Waals surface area contributed by atoms with Gasteiger partial charge in [0.2, 0.25) is 0 Å². The van der Waals surface area contributed by atoms with Gasteiger partial charge < -0.3 is 26.2 Å². The van der Waals surface area contributed by atoms with Gasteiger partial charge in [0.25, 0.3) is 5.91 Å². The largest absolute Gasteiger partial charge is 0.481 e. The molecule has 1 atom stereocenters. The molecule has 10 nitrogen and oxygen atoms in total. The van der Waals surface area contributed by atoms with Crippen LogP contribution in [0, 0.1) is 5.41 Å². The minimum absolute atomic E-state index is 0.128. The molecule has 37 heavy (non-hydrogen) atoms. The van der Waals surface area contributed by atoms with E-state index in [1.165, 1.54) is 6.07 Å². The molecule has 0 saturated carbocycles. The number of aliphatic carboxylic acids is 1. The molecule has 3 aromatic carbocycles. The molecule has 0 bridgehead atoms. The van der Waals surface area contributed by atoms with Crippen molar-refractivity contribution in [2.75, 3.05) is 5.32 Å². The Bertz CT molecular complexity index is 1470. The van der Waals surface area contributed by atoms with Gasteiger partial charge in [0.1, 0.15) is 11.4 Å². The minimum Gasteiger partial charge on any atom is -0.481 e. The van der Waals surface area contributed by atoms with E-state index in [2.05, 4.69) is 15.6 Å². The lowest BCUT2D eigenvalue weighted by Crippen LogP contribution is -2.30. The number of aromatic nitrogens is 1. The van der Waals surface area contributed by atoms with E-state index >= 15 is 0 Å². The lowest BCUT2D eigenvalue weighted by molar-refractivity contribution is -0.137. The zero-order chi connectivity index (χ0) is 26.4. The number of fused-ring (bicyclic) bond motifs is 1. The standard InChI is InChI=1S/C27H23N5O5/c28-27(29)30-19-9-6-17(7-10-19)26(36)37-20-11-13-21-18(14-20)8-12-22(31-21)25(35)32-23(15-24(33)34)16-4-2-1-3-5-16/h1-14,23H,15H2,(H,32,35)(H,33,34)(H4,28,29,30)/t23-/m0/s1. The Labute approximate surface area is 211 Å². The highest BCUT2D eigenvalue weighted by Gasteiger charge is 2.20. The Morgan fingerprint density at radius 2 is 1.70 bits per heavy atom. The molecule has 4 rings (SSSR count). The van der Waals surface area contributed by atoms with E-state index in [4.69, 9.17) is 15.9 Å². The predicted molar refractivity (Wildman–Crippen MR) is 138 cm³/mol. The minimum atomic E-state index is -1.04. The van der Waals surface area contributed by atoms with Crippen LogP contribution in [0.25, 0.3) is 10.9 Å².